The monoisotopic (exact) mass is 345 g/mol. The maximum Gasteiger partial charge on any atom is 0.253 e. The minimum atomic E-state index is -0.684. The van der Waals surface area contributed by atoms with Crippen molar-refractivity contribution < 1.29 is 9.90 Å². The number of rotatable bonds is 5. The molecule has 0 aromatic heterocycles. The van der Waals surface area contributed by atoms with Gasteiger partial charge in [-0.15, -0.1) is 0 Å². The van der Waals surface area contributed by atoms with Crippen molar-refractivity contribution in [2.45, 2.75) is 38.8 Å². The first-order valence-corrected chi connectivity index (χ1v) is 9.46. The number of carbonyl (C=O) groups is 1. The average molecular weight is 345 g/mol. The van der Waals surface area contributed by atoms with Gasteiger partial charge in [0.15, 0.2) is 0 Å². The molecular formula is C20H31N3O2. The Bertz CT molecular complexity index is 583. The Morgan fingerprint density at radius 1 is 1.04 bits per heavy atom. The molecule has 0 spiro atoms. The van der Waals surface area contributed by atoms with Crippen LogP contribution >= 0.6 is 0 Å². The summed E-state index contributed by atoms with van der Waals surface area (Å²) in [5.41, 5.74) is 1.34. The van der Waals surface area contributed by atoms with Gasteiger partial charge in [0.2, 0.25) is 0 Å². The molecule has 2 saturated heterocycles. The lowest BCUT2D eigenvalue weighted by Crippen LogP contribution is -2.52. The molecule has 3 rings (SSSR count). The predicted molar refractivity (Wildman–Crippen MR) is 99.6 cm³/mol. The highest BCUT2D eigenvalue weighted by molar-refractivity contribution is 5.94. The molecule has 0 aliphatic carbocycles. The highest BCUT2D eigenvalue weighted by atomic mass is 16.3. The lowest BCUT2D eigenvalue weighted by atomic mass is 10.1. The van der Waals surface area contributed by atoms with Crippen LogP contribution in [0.2, 0.25) is 0 Å². The van der Waals surface area contributed by atoms with Crippen LogP contribution in [0.25, 0.3) is 0 Å². The van der Waals surface area contributed by atoms with E-state index >= 15 is 0 Å². The third-order valence-corrected chi connectivity index (χ3v) is 5.05. The van der Waals surface area contributed by atoms with Crippen molar-refractivity contribution in [3.05, 3.63) is 35.4 Å². The molecule has 1 aromatic carbocycles. The van der Waals surface area contributed by atoms with Crippen LogP contribution in [0, 0.1) is 0 Å². The zero-order valence-electron chi connectivity index (χ0n) is 15.6. The summed E-state index contributed by atoms with van der Waals surface area (Å²) in [4.78, 5) is 19.5. The summed E-state index contributed by atoms with van der Waals surface area (Å²) in [6.07, 6.45) is 2.57. The van der Waals surface area contributed by atoms with Gasteiger partial charge in [-0.1, -0.05) is 12.1 Å². The van der Waals surface area contributed by atoms with Crippen molar-refractivity contribution in [1.29, 1.82) is 0 Å². The molecule has 1 aromatic rings. The normalized spacial score (nSPS) is 20.2. The van der Waals surface area contributed by atoms with Gasteiger partial charge < -0.3 is 10.0 Å². The molecule has 2 heterocycles. The second-order valence-corrected chi connectivity index (χ2v) is 8.06. The number of benzene rings is 1. The number of carbonyl (C=O) groups excluding carboxylic acids is 1. The molecule has 0 unspecified atom stereocenters. The van der Waals surface area contributed by atoms with Crippen LogP contribution in [-0.2, 0) is 6.54 Å². The first kappa shape index (κ1) is 18.4. The molecule has 2 aliphatic rings. The summed E-state index contributed by atoms with van der Waals surface area (Å²) in [7, 11) is 0. The fourth-order valence-corrected chi connectivity index (χ4v) is 3.84. The lowest BCUT2D eigenvalue weighted by Gasteiger charge is -2.37. The maximum absolute atomic E-state index is 12.8. The number of nitrogens with zero attached hydrogens (tertiary/aromatic N) is 3. The quantitative estimate of drug-likeness (QED) is 0.884. The Kier molecular flexibility index (Phi) is 5.77. The van der Waals surface area contributed by atoms with Crippen LogP contribution in [0.3, 0.4) is 0 Å². The van der Waals surface area contributed by atoms with Gasteiger partial charge in [-0.3, -0.25) is 14.6 Å². The first-order valence-electron chi connectivity index (χ1n) is 9.46. The summed E-state index contributed by atoms with van der Waals surface area (Å²) in [5.74, 6) is 0.131. The van der Waals surface area contributed by atoms with E-state index in [0.717, 1.165) is 38.3 Å². The zero-order chi connectivity index (χ0) is 17.9. The SMILES string of the molecule is CC(C)(O)CN1CCN(C(=O)c2cccc(CN3CCCC3)c2)CC1. The third-order valence-electron chi connectivity index (χ3n) is 5.05. The number of hydrogen-bond acceptors (Lipinski definition) is 4. The molecule has 25 heavy (non-hydrogen) atoms. The second-order valence-electron chi connectivity index (χ2n) is 8.06. The molecule has 0 atom stereocenters. The van der Waals surface area contributed by atoms with Crippen LogP contribution in [0.1, 0.15) is 42.6 Å². The number of likely N-dealkylation sites (tertiary alicyclic amines) is 1. The Morgan fingerprint density at radius 2 is 1.72 bits per heavy atom. The molecule has 0 radical (unpaired) electrons. The maximum atomic E-state index is 12.8. The van der Waals surface area contributed by atoms with E-state index in [0.29, 0.717) is 6.54 Å². The van der Waals surface area contributed by atoms with Gasteiger partial charge in [-0.05, 0) is 57.5 Å². The smallest absolute Gasteiger partial charge is 0.253 e. The Morgan fingerprint density at radius 3 is 2.36 bits per heavy atom. The van der Waals surface area contributed by atoms with E-state index in [2.05, 4.69) is 21.9 Å². The summed E-state index contributed by atoms with van der Waals surface area (Å²) in [6.45, 7) is 10.7. The van der Waals surface area contributed by atoms with Crippen molar-refractivity contribution in [2.75, 3.05) is 45.8 Å². The van der Waals surface area contributed by atoms with Gasteiger partial charge >= 0.3 is 0 Å². The number of β-amino-alcohol motifs (C(OH)–C–C–N with tert-alkyl or cyclic N) is 1. The van der Waals surface area contributed by atoms with E-state index in [1.165, 1.54) is 31.5 Å². The summed E-state index contributed by atoms with van der Waals surface area (Å²) < 4.78 is 0. The molecule has 5 nitrogen and oxygen atoms in total. The van der Waals surface area contributed by atoms with Crippen LogP contribution in [0.15, 0.2) is 24.3 Å². The van der Waals surface area contributed by atoms with E-state index in [1.807, 2.05) is 30.9 Å². The number of piperazine rings is 1. The van der Waals surface area contributed by atoms with Crippen LogP contribution in [-0.4, -0.2) is 77.1 Å². The summed E-state index contributed by atoms with van der Waals surface area (Å²) in [6, 6.07) is 8.11. The van der Waals surface area contributed by atoms with Gasteiger partial charge in [0.1, 0.15) is 0 Å². The number of amides is 1. The molecule has 5 heteroatoms. The Labute approximate surface area is 151 Å². The van der Waals surface area contributed by atoms with Crippen molar-refractivity contribution in [1.82, 2.24) is 14.7 Å². The fraction of sp³-hybridized carbons (Fsp3) is 0.650. The number of aliphatic hydroxyl groups is 1. The summed E-state index contributed by atoms with van der Waals surface area (Å²) in [5, 5.41) is 9.94. The largest absolute Gasteiger partial charge is 0.389 e. The topological polar surface area (TPSA) is 47.0 Å². The second kappa shape index (κ2) is 7.85. The highest BCUT2D eigenvalue weighted by Gasteiger charge is 2.25. The van der Waals surface area contributed by atoms with E-state index in [1.54, 1.807) is 0 Å². The molecular weight excluding hydrogens is 314 g/mol. The molecule has 0 bridgehead atoms. The minimum Gasteiger partial charge on any atom is -0.389 e. The van der Waals surface area contributed by atoms with E-state index in [-0.39, 0.29) is 5.91 Å². The lowest BCUT2D eigenvalue weighted by molar-refractivity contribution is 0.0178. The van der Waals surface area contributed by atoms with Gasteiger partial charge in [0.05, 0.1) is 5.60 Å². The van der Waals surface area contributed by atoms with Gasteiger partial charge in [-0.25, -0.2) is 0 Å². The third kappa shape index (κ3) is 5.27. The molecule has 1 amide bonds. The van der Waals surface area contributed by atoms with Crippen LogP contribution in [0.4, 0.5) is 0 Å². The fourth-order valence-electron chi connectivity index (χ4n) is 3.84. The van der Waals surface area contributed by atoms with Crippen molar-refractivity contribution in [3.8, 4) is 0 Å². The van der Waals surface area contributed by atoms with E-state index in [9.17, 15) is 9.90 Å². The van der Waals surface area contributed by atoms with Gasteiger partial charge in [0, 0.05) is 44.8 Å². The van der Waals surface area contributed by atoms with Gasteiger partial charge in [0.25, 0.3) is 5.91 Å². The van der Waals surface area contributed by atoms with E-state index in [4.69, 9.17) is 0 Å². The molecule has 0 saturated carbocycles. The molecule has 138 valence electrons. The first-order chi connectivity index (χ1) is 11.9. The molecule has 2 aliphatic heterocycles. The van der Waals surface area contributed by atoms with Crippen LogP contribution < -0.4 is 0 Å². The average Bonchev–Trinajstić information content (AvgIpc) is 3.07. The number of hydrogen-bond donors (Lipinski definition) is 1. The molecule has 1 N–H and O–H groups in total. The molecule has 2 fully saturated rings. The van der Waals surface area contributed by atoms with Crippen molar-refractivity contribution >= 4 is 5.91 Å². The Balaban J connectivity index is 1.56. The minimum absolute atomic E-state index is 0.131. The zero-order valence-corrected chi connectivity index (χ0v) is 15.6. The van der Waals surface area contributed by atoms with Gasteiger partial charge in [-0.2, -0.15) is 0 Å². The summed E-state index contributed by atoms with van der Waals surface area (Å²) >= 11 is 0. The standard InChI is InChI=1S/C20H31N3O2/c1-20(2,25)16-22-10-12-23(13-11-22)19(24)18-7-5-6-17(14-18)15-21-8-3-4-9-21/h5-7,14,25H,3-4,8-13,15-16H2,1-2H3. The van der Waals surface area contributed by atoms with Crippen LogP contribution in [0.5, 0.6) is 0 Å². The van der Waals surface area contributed by atoms with Crippen molar-refractivity contribution in [2.24, 2.45) is 0 Å². The van der Waals surface area contributed by atoms with E-state index < -0.39 is 5.60 Å². The highest BCUT2D eigenvalue weighted by Crippen LogP contribution is 2.16. The predicted octanol–water partition coefficient (Wildman–Crippen LogP) is 1.81. The van der Waals surface area contributed by atoms with Crippen molar-refractivity contribution in [3.63, 3.8) is 0 Å². The Hall–Kier alpha value is -1.43.